The number of hydrogen-bond donors (Lipinski definition) is 1. The summed E-state index contributed by atoms with van der Waals surface area (Å²) in [7, 11) is -3.68. The van der Waals surface area contributed by atoms with E-state index in [1.54, 1.807) is 0 Å². The Hall–Kier alpha value is -0.980. The average Bonchev–Trinajstić information content (AvgIpc) is 2.88. The molecule has 0 spiro atoms. The molecule has 6 heteroatoms. The maximum atomic E-state index is 13.4. The maximum Gasteiger partial charge on any atom is 0.243 e. The van der Waals surface area contributed by atoms with Gasteiger partial charge in [0.15, 0.2) is 0 Å². The molecule has 1 aliphatic heterocycles. The van der Waals surface area contributed by atoms with Gasteiger partial charge in [0.25, 0.3) is 0 Å². The summed E-state index contributed by atoms with van der Waals surface area (Å²) in [6.07, 6.45) is 1.69. The zero-order valence-electron chi connectivity index (χ0n) is 11.8. The molecule has 0 aliphatic carbocycles. The Morgan fingerprint density at radius 3 is 2.75 bits per heavy atom. The van der Waals surface area contributed by atoms with E-state index in [0.29, 0.717) is 12.1 Å². The topological polar surface area (TPSA) is 63.4 Å². The Morgan fingerprint density at radius 2 is 2.15 bits per heavy atom. The van der Waals surface area contributed by atoms with Gasteiger partial charge >= 0.3 is 0 Å². The van der Waals surface area contributed by atoms with Crippen LogP contribution in [0.3, 0.4) is 0 Å². The molecule has 1 aliphatic rings. The van der Waals surface area contributed by atoms with Gasteiger partial charge in [0.05, 0.1) is 4.90 Å². The van der Waals surface area contributed by atoms with Crippen LogP contribution in [0.4, 0.5) is 4.39 Å². The van der Waals surface area contributed by atoms with Gasteiger partial charge in [0.2, 0.25) is 10.0 Å². The quantitative estimate of drug-likeness (QED) is 0.926. The van der Waals surface area contributed by atoms with Crippen molar-refractivity contribution in [1.82, 2.24) is 4.31 Å². The molecule has 1 aromatic carbocycles. The van der Waals surface area contributed by atoms with Gasteiger partial charge in [-0.05, 0) is 36.5 Å². The fourth-order valence-corrected chi connectivity index (χ4v) is 4.87. The molecule has 1 atom stereocenters. The number of rotatable bonds is 4. The predicted molar refractivity (Wildman–Crippen MR) is 76.0 cm³/mol. The van der Waals surface area contributed by atoms with Gasteiger partial charge in [-0.15, -0.1) is 0 Å². The second kappa shape index (κ2) is 5.79. The van der Waals surface area contributed by atoms with Gasteiger partial charge in [-0.2, -0.15) is 4.31 Å². The van der Waals surface area contributed by atoms with Crippen LogP contribution in [0.25, 0.3) is 0 Å². The molecule has 20 heavy (non-hydrogen) atoms. The minimum Gasteiger partial charge on any atom is -0.326 e. The summed E-state index contributed by atoms with van der Waals surface area (Å²) in [5.74, 6) is -0.316. The summed E-state index contributed by atoms with van der Waals surface area (Å²) in [5, 5.41) is 0. The van der Waals surface area contributed by atoms with Crippen molar-refractivity contribution < 1.29 is 12.8 Å². The number of hydrogen-bond acceptors (Lipinski definition) is 3. The minimum atomic E-state index is -3.68. The fraction of sp³-hybridized carbons (Fsp3) is 0.571. The van der Waals surface area contributed by atoms with Crippen LogP contribution in [0, 0.1) is 11.7 Å². The van der Waals surface area contributed by atoms with E-state index >= 15 is 0 Å². The highest BCUT2D eigenvalue weighted by Gasteiger charge is 2.37. The summed E-state index contributed by atoms with van der Waals surface area (Å²) >= 11 is 0. The van der Waals surface area contributed by atoms with Crippen molar-refractivity contribution >= 4 is 10.0 Å². The highest BCUT2D eigenvalue weighted by atomic mass is 32.2. The Labute approximate surface area is 119 Å². The lowest BCUT2D eigenvalue weighted by Gasteiger charge is -2.27. The summed E-state index contributed by atoms with van der Waals surface area (Å²) in [6.45, 7) is 4.59. The summed E-state index contributed by atoms with van der Waals surface area (Å²) < 4.78 is 40.5. The van der Waals surface area contributed by atoms with E-state index in [1.165, 1.54) is 16.4 Å². The van der Waals surface area contributed by atoms with E-state index in [0.717, 1.165) is 18.9 Å². The second-order valence-electron chi connectivity index (χ2n) is 5.53. The molecule has 1 saturated heterocycles. The van der Waals surface area contributed by atoms with Gasteiger partial charge in [-0.25, -0.2) is 12.8 Å². The van der Waals surface area contributed by atoms with Crippen LogP contribution in [0.15, 0.2) is 23.1 Å². The SMILES string of the molecule is CC(C)C1CCCN1S(=O)(=O)c1cc(F)ccc1CN. The summed E-state index contributed by atoms with van der Waals surface area (Å²) in [4.78, 5) is 0.00699. The third-order valence-corrected chi connectivity index (χ3v) is 5.86. The molecule has 0 amide bonds. The first-order valence-corrected chi connectivity index (χ1v) is 8.32. The third kappa shape index (κ3) is 2.73. The van der Waals surface area contributed by atoms with Gasteiger partial charge < -0.3 is 5.73 Å². The van der Waals surface area contributed by atoms with Crippen molar-refractivity contribution in [2.24, 2.45) is 11.7 Å². The van der Waals surface area contributed by atoms with Gasteiger partial charge in [-0.1, -0.05) is 19.9 Å². The summed E-state index contributed by atoms with van der Waals surface area (Å²) in [5.41, 5.74) is 6.04. The molecule has 1 fully saturated rings. The monoisotopic (exact) mass is 300 g/mol. The van der Waals surface area contributed by atoms with Crippen molar-refractivity contribution in [1.29, 1.82) is 0 Å². The Kier molecular flexibility index (Phi) is 4.46. The number of nitrogens with zero attached hydrogens (tertiary/aromatic N) is 1. The van der Waals surface area contributed by atoms with Gasteiger partial charge in [-0.3, -0.25) is 0 Å². The van der Waals surface area contributed by atoms with Crippen molar-refractivity contribution in [2.45, 2.75) is 44.2 Å². The van der Waals surface area contributed by atoms with E-state index in [2.05, 4.69) is 0 Å². The van der Waals surface area contributed by atoms with Crippen LogP contribution in [0.1, 0.15) is 32.3 Å². The molecule has 1 unspecified atom stereocenters. The lowest BCUT2D eigenvalue weighted by Crippen LogP contribution is -2.39. The van der Waals surface area contributed by atoms with Gasteiger partial charge in [0.1, 0.15) is 5.82 Å². The first-order chi connectivity index (χ1) is 9.37. The molecule has 2 N–H and O–H groups in total. The molecular formula is C14H21FN2O2S. The predicted octanol–water partition coefficient (Wildman–Crippen LogP) is 2.09. The van der Waals surface area contributed by atoms with E-state index in [9.17, 15) is 12.8 Å². The Balaban J connectivity index is 2.47. The zero-order chi connectivity index (χ0) is 14.9. The lowest BCUT2D eigenvalue weighted by molar-refractivity contribution is 0.315. The minimum absolute atomic E-state index is 0.00699. The van der Waals surface area contributed by atoms with E-state index < -0.39 is 15.8 Å². The Morgan fingerprint density at radius 1 is 1.45 bits per heavy atom. The van der Waals surface area contributed by atoms with Crippen LogP contribution in [0.2, 0.25) is 0 Å². The van der Waals surface area contributed by atoms with Crippen molar-refractivity contribution in [3.63, 3.8) is 0 Å². The normalized spacial score (nSPS) is 20.8. The van der Waals surface area contributed by atoms with E-state index in [-0.39, 0.29) is 23.4 Å². The molecule has 1 aromatic rings. The smallest absolute Gasteiger partial charge is 0.243 e. The standard InChI is InChI=1S/C14H21FN2O2S/c1-10(2)13-4-3-7-17(13)20(18,19)14-8-12(15)6-5-11(14)9-16/h5-6,8,10,13H,3-4,7,9,16H2,1-2H3. The van der Waals surface area contributed by atoms with E-state index in [4.69, 9.17) is 5.73 Å². The molecule has 1 heterocycles. The van der Waals surface area contributed by atoms with Crippen molar-refractivity contribution in [2.75, 3.05) is 6.54 Å². The van der Waals surface area contributed by atoms with Crippen LogP contribution in [-0.2, 0) is 16.6 Å². The van der Waals surface area contributed by atoms with Crippen molar-refractivity contribution in [3.05, 3.63) is 29.6 Å². The third-order valence-electron chi connectivity index (χ3n) is 3.85. The molecule has 0 radical (unpaired) electrons. The molecule has 0 saturated carbocycles. The highest BCUT2D eigenvalue weighted by Crippen LogP contribution is 2.31. The number of sulfonamides is 1. The van der Waals surface area contributed by atoms with Crippen LogP contribution >= 0.6 is 0 Å². The maximum absolute atomic E-state index is 13.4. The fourth-order valence-electron chi connectivity index (χ4n) is 2.79. The molecule has 0 aromatic heterocycles. The first-order valence-electron chi connectivity index (χ1n) is 6.88. The van der Waals surface area contributed by atoms with Crippen LogP contribution < -0.4 is 5.73 Å². The number of nitrogens with two attached hydrogens (primary N) is 1. The molecule has 112 valence electrons. The number of halogens is 1. The molecule has 4 nitrogen and oxygen atoms in total. The van der Waals surface area contributed by atoms with Crippen molar-refractivity contribution in [3.8, 4) is 0 Å². The average molecular weight is 300 g/mol. The Bertz CT molecular complexity index is 587. The largest absolute Gasteiger partial charge is 0.326 e. The van der Waals surface area contributed by atoms with Gasteiger partial charge in [0, 0.05) is 19.1 Å². The molecule has 2 rings (SSSR count). The van der Waals surface area contributed by atoms with Crippen LogP contribution in [0.5, 0.6) is 0 Å². The lowest BCUT2D eigenvalue weighted by atomic mass is 10.0. The highest BCUT2D eigenvalue weighted by molar-refractivity contribution is 7.89. The molecular weight excluding hydrogens is 279 g/mol. The second-order valence-corrected chi connectivity index (χ2v) is 7.38. The first kappa shape index (κ1) is 15.4. The van der Waals surface area contributed by atoms with Crippen LogP contribution in [-0.4, -0.2) is 25.3 Å². The number of benzene rings is 1. The van der Waals surface area contributed by atoms with E-state index in [1.807, 2.05) is 13.8 Å². The zero-order valence-corrected chi connectivity index (χ0v) is 12.7. The molecule has 0 bridgehead atoms. The summed E-state index contributed by atoms with van der Waals surface area (Å²) in [6, 6.07) is 3.75.